The molecule has 1 N–H and O–H groups in total. The summed E-state index contributed by atoms with van der Waals surface area (Å²) >= 11 is 0. The summed E-state index contributed by atoms with van der Waals surface area (Å²) in [6.07, 6.45) is 2.68. The number of guanidine groups is 1. The van der Waals surface area contributed by atoms with Gasteiger partial charge in [0.15, 0.2) is 5.96 Å². The highest BCUT2D eigenvalue weighted by molar-refractivity contribution is 5.79. The van der Waals surface area contributed by atoms with Gasteiger partial charge in [0.1, 0.15) is 5.82 Å². The molecular weight excluding hydrogens is 279 g/mol. The lowest BCUT2D eigenvalue weighted by molar-refractivity contribution is 0.280. The molecule has 5 heteroatoms. The molecule has 0 atom stereocenters. The van der Waals surface area contributed by atoms with Gasteiger partial charge in [0.25, 0.3) is 0 Å². The van der Waals surface area contributed by atoms with Gasteiger partial charge in [0.2, 0.25) is 0 Å². The first-order chi connectivity index (χ1) is 10.6. The summed E-state index contributed by atoms with van der Waals surface area (Å²) in [4.78, 5) is 8.89. The minimum absolute atomic E-state index is 0.200. The summed E-state index contributed by atoms with van der Waals surface area (Å²) in [6, 6.07) is 7.41. The smallest absolute Gasteiger partial charge is 0.193 e. The molecule has 0 saturated heterocycles. The van der Waals surface area contributed by atoms with Crippen LogP contribution in [0.2, 0.25) is 0 Å². The average Bonchev–Trinajstić information content (AvgIpc) is 3.34. The molecule has 0 aromatic heterocycles. The Morgan fingerprint density at radius 1 is 1.32 bits per heavy atom. The fourth-order valence-electron chi connectivity index (χ4n) is 2.67. The number of likely N-dealkylation sites (N-methyl/N-ethyl adjacent to an activating group) is 1. The first-order valence-corrected chi connectivity index (χ1v) is 8.04. The van der Waals surface area contributed by atoms with Crippen molar-refractivity contribution in [3.8, 4) is 0 Å². The predicted octanol–water partition coefficient (Wildman–Crippen LogP) is 2.32. The van der Waals surface area contributed by atoms with Crippen LogP contribution < -0.4 is 5.32 Å². The zero-order valence-electron chi connectivity index (χ0n) is 13.8. The zero-order chi connectivity index (χ0) is 15.9. The molecule has 1 aliphatic rings. The monoisotopic (exact) mass is 306 g/mol. The highest BCUT2D eigenvalue weighted by Crippen LogP contribution is 2.25. The van der Waals surface area contributed by atoms with E-state index in [4.69, 9.17) is 0 Å². The van der Waals surface area contributed by atoms with E-state index in [-0.39, 0.29) is 5.82 Å². The SMILES string of the molecule is CCN(CCNC(=NC)N(C)Cc1ccc(F)cc1)C1CC1. The van der Waals surface area contributed by atoms with Gasteiger partial charge in [-0.25, -0.2) is 4.39 Å². The summed E-state index contributed by atoms with van der Waals surface area (Å²) in [5.74, 6) is 0.671. The van der Waals surface area contributed by atoms with Crippen molar-refractivity contribution in [1.29, 1.82) is 0 Å². The fraction of sp³-hybridized carbons (Fsp3) is 0.588. The summed E-state index contributed by atoms with van der Waals surface area (Å²) in [5, 5.41) is 3.41. The number of benzene rings is 1. The van der Waals surface area contributed by atoms with Crippen LogP contribution in [-0.2, 0) is 6.54 Å². The normalized spacial score (nSPS) is 15.2. The largest absolute Gasteiger partial charge is 0.355 e. The van der Waals surface area contributed by atoms with Crippen molar-refractivity contribution in [2.24, 2.45) is 4.99 Å². The second-order valence-corrected chi connectivity index (χ2v) is 5.82. The Morgan fingerprint density at radius 3 is 2.55 bits per heavy atom. The third-order valence-corrected chi connectivity index (χ3v) is 4.06. The van der Waals surface area contributed by atoms with Crippen LogP contribution in [0, 0.1) is 5.82 Å². The lowest BCUT2D eigenvalue weighted by Gasteiger charge is -2.24. The number of hydrogen-bond acceptors (Lipinski definition) is 2. The Morgan fingerprint density at radius 2 is 2.00 bits per heavy atom. The van der Waals surface area contributed by atoms with Gasteiger partial charge in [-0.15, -0.1) is 0 Å². The number of aliphatic imine (C=N–C) groups is 1. The molecule has 2 rings (SSSR count). The van der Waals surface area contributed by atoms with Gasteiger partial charge < -0.3 is 10.2 Å². The summed E-state index contributed by atoms with van der Waals surface area (Å²) in [7, 11) is 3.79. The van der Waals surface area contributed by atoms with Crippen molar-refractivity contribution in [2.75, 3.05) is 33.7 Å². The Bertz CT molecular complexity index is 482. The van der Waals surface area contributed by atoms with Gasteiger partial charge in [0.05, 0.1) is 0 Å². The summed E-state index contributed by atoms with van der Waals surface area (Å²) < 4.78 is 12.9. The minimum atomic E-state index is -0.200. The molecule has 1 aromatic carbocycles. The molecule has 0 heterocycles. The molecule has 1 aliphatic carbocycles. The van der Waals surface area contributed by atoms with Crippen LogP contribution in [0.4, 0.5) is 4.39 Å². The van der Waals surface area contributed by atoms with E-state index in [2.05, 4.69) is 27.0 Å². The number of nitrogens with one attached hydrogen (secondary N) is 1. The van der Waals surface area contributed by atoms with E-state index in [0.29, 0.717) is 6.54 Å². The van der Waals surface area contributed by atoms with Crippen LogP contribution in [0.3, 0.4) is 0 Å². The van der Waals surface area contributed by atoms with Crippen LogP contribution in [0.5, 0.6) is 0 Å². The number of halogens is 1. The van der Waals surface area contributed by atoms with Crippen LogP contribution in [0.1, 0.15) is 25.3 Å². The maximum atomic E-state index is 12.9. The van der Waals surface area contributed by atoms with Gasteiger partial charge in [-0.05, 0) is 37.1 Å². The molecular formula is C17H27FN4. The lowest BCUT2D eigenvalue weighted by Crippen LogP contribution is -2.42. The summed E-state index contributed by atoms with van der Waals surface area (Å²) in [5.41, 5.74) is 1.07. The Balaban J connectivity index is 1.78. The van der Waals surface area contributed by atoms with E-state index in [0.717, 1.165) is 37.2 Å². The van der Waals surface area contributed by atoms with Crippen molar-refractivity contribution in [3.05, 3.63) is 35.6 Å². The second kappa shape index (κ2) is 8.13. The molecule has 0 unspecified atom stereocenters. The predicted molar refractivity (Wildman–Crippen MR) is 89.5 cm³/mol. The molecule has 1 saturated carbocycles. The van der Waals surface area contributed by atoms with E-state index >= 15 is 0 Å². The van der Waals surface area contributed by atoms with Gasteiger partial charge in [-0.1, -0.05) is 19.1 Å². The first kappa shape index (κ1) is 16.7. The van der Waals surface area contributed by atoms with Gasteiger partial charge in [0, 0.05) is 39.8 Å². The van der Waals surface area contributed by atoms with Crippen molar-refractivity contribution in [3.63, 3.8) is 0 Å². The van der Waals surface area contributed by atoms with Gasteiger partial charge in [-0.3, -0.25) is 9.89 Å². The Labute approximate surface area is 133 Å². The molecule has 0 bridgehead atoms. The topological polar surface area (TPSA) is 30.9 Å². The molecule has 122 valence electrons. The van der Waals surface area contributed by atoms with Crippen molar-refractivity contribution in [2.45, 2.75) is 32.4 Å². The first-order valence-electron chi connectivity index (χ1n) is 8.04. The maximum Gasteiger partial charge on any atom is 0.193 e. The molecule has 1 aromatic rings. The summed E-state index contributed by atoms with van der Waals surface area (Å²) in [6.45, 7) is 5.97. The van der Waals surface area contributed by atoms with Gasteiger partial charge >= 0.3 is 0 Å². The van der Waals surface area contributed by atoms with Gasteiger partial charge in [-0.2, -0.15) is 0 Å². The quantitative estimate of drug-likeness (QED) is 0.619. The zero-order valence-corrected chi connectivity index (χ0v) is 13.8. The van der Waals surface area contributed by atoms with Crippen LogP contribution in [-0.4, -0.2) is 55.5 Å². The Hall–Kier alpha value is -1.62. The maximum absolute atomic E-state index is 12.9. The number of hydrogen-bond donors (Lipinski definition) is 1. The standard InChI is InChI=1S/C17H27FN4/c1-4-22(16-9-10-16)12-11-20-17(19-2)21(3)13-14-5-7-15(18)8-6-14/h5-8,16H,4,9-13H2,1-3H3,(H,19,20). The molecule has 0 amide bonds. The van der Waals surface area contributed by atoms with E-state index in [1.54, 1.807) is 7.05 Å². The highest BCUT2D eigenvalue weighted by Gasteiger charge is 2.27. The third-order valence-electron chi connectivity index (χ3n) is 4.06. The average molecular weight is 306 g/mol. The third kappa shape index (κ3) is 4.98. The lowest BCUT2D eigenvalue weighted by atomic mass is 10.2. The molecule has 1 fully saturated rings. The molecule has 4 nitrogen and oxygen atoms in total. The van der Waals surface area contributed by atoms with Crippen molar-refractivity contribution >= 4 is 5.96 Å². The highest BCUT2D eigenvalue weighted by atomic mass is 19.1. The Kier molecular flexibility index (Phi) is 6.19. The second-order valence-electron chi connectivity index (χ2n) is 5.82. The minimum Gasteiger partial charge on any atom is -0.355 e. The van der Waals surface area contributed by atoms with Crippen LogP contribution in [0.15, 0.2) is 29.3 Å². The van der Waals surface area contributed by atoms with E-state index in [1.807, 2.05) is 19.2 Å². The van der Waals surface area contributed by atoms with E-state index in [1.165, 1.54) is 25.0 Å². The van der Waals surface area contributed by atoms with Crippen LogP contribution >= 0.6 is 0 Å². The fourth-order valence-corrected chi connectivity index (χ4v) is 2.67. The molecule has 0 aliphatic heterocycles. The number of rotatable bonds is 7. The molecule has 22 heavy (non-hydrogen) atoms. The van der Waals surface area contributed by atoms with E-state index < -0.39 is 0 Å². The van der Waals surface area contributed by atoms with Crippen molar-refractivity contribution in [1.82, 2.24) is 15.1 Å². The number of nitrogens with zero attached hydrogens (tertiary/aromatic N) is 3. The van der Waals surface area contributed by atoms with Crippen LogP contribution in [0.25, 0.3) is 0 Å². The molecule has 0 radical (unpaired) electrons. The van der Waals surface area contributed by atoms with Crippen molar-refractivity contribution < 1.29 is 4.39 Å². The van der Waals surface area contributed by atoms with E-state index in [9.17, 15) is 4.39 Å². The molecule has 0 spiro atoms.